The Morgan fingerprint density at radius 1 is 0.971 bits per heavy atom. The lowest BCUT2D eigenvalue weighted by Gasteiger charge is -2.41. The van der Waals surface area contributed by atoms with Gasteiger partial charge in [-0.3, -0.25) is 19.8 Å². The summed E-state index contributed by atoms with van der Waals surface area (Å²) in [5.74, 6) is -1.23. The Morgan fingerprint density at radius 2 is 1.60 bits per heavy atom. The number of amides is 1. The minimum atomic E-state index is -1.09. The van der Waals surface area contributed by atoms with Crippen molar-refractivity contribution in [2.24, 2.45) is 10.9 Å². The van der Waals surface area contributed by atoms with E-state index >= 15 is 0 Å². The van der Waals surface area contributed by atoms with E-state index in [1.807, 2.05) is 12.1 Å². The van der Waals surface area contributed by atoms with Crippen molar-refractivity contribution in [1.82, 2.24) is 15.1 Å². The topological polar surface area (TPSA) is 87.4 Å². The maximum Gasteiger partial charge on any atom is 0.320 e. The molecule has 0 aliphatic carbocycles. The molecule has 5 rings (SSSR count). The number of esters is 1. The molecule has 0 saturated carbocycles. The first kappa shape index (κ1) is 22.9. The minimum Gasteiger partial charge on any atom is -0.468 e. The molecule has 1 N–H and O–H groups in total. The molecule has 1 amide bonds. The Morgan fingerprint density at radius 3 is 2.14 bits per heavy atom. The number of furan rings is 1. The van der Waals surface area contributed by atoms with E-state index in [1.54, 1.807) is 12.1 Å². The molecule has 1 saturated heterocycles. The third-order valence-electron chi connectivity index (χ3n) is 6.59. The molecule has 8 heteroatoms. The maximum atomic E-state index is 12.9. The molecular formula is C27H28N4O4. The molecule has 2 unspecified atom stereocenters. The number of piperazine rings is 1. The van der Waals surface area contributed by atoms with Crippen molar-refractivity contribution in [3.63, 3.8) is 0 Å². The van der Waals surface area contributed by atoms with Gasteiger partial charge in [0.05, 0.1) is 19.4 Å². The second kappa shape index (κ2) is 10.1. The lowest BCUT2D eigenvalue weighted by molar-refractivity contribution is -0.151. The molecule has 0 bridgehead atoms. The molecule has 8 nitrogen and oxygen atoms in total. The van der Waals surface area contributed by atoms with Gasteiger partial charge in [-0.2, -0.15) is 0 Å². The maximum absolute atomic E-state index is 12.9. The molecule has 180 valence electrons. The van der Waals surface area contributed by atoms with Crippen molar-refractivity contribution in [2.75, 3.05) is 33.3 Å². The third-order valence-corrected chi connectivity index (χ3v) is 6.59. The van der Waals surface area contributed by atoms with Gasteiger partial charge in [-0.25, -0.2) is 4.99 Å². The summed E-state index contributed by atoms with van der Waals surface area (Å²) in [5, 5.41) is 2.83. The molecule has 2 atom stereocenters. The average Bonchev–Trinajstić information content (AvgIpc) is 3.45. The van der Waals surface area contributed by atoms with Crippen LogP contribution in [0.1, 0.15) is 29.0 Å². The van der Waals surface area contributed by atoms with Crippen LogP contribution in [0.4, 0.5) is 0 Å². The quantitative estimate of drug-likeness (QED) is 0.454. The number of rotatable bonds is 5. The van der Waals surface area contributed by atoms with Crippen LogP contribution in [0.2, 0.25) is 0 Å². The molecule has 0 spiro atoms. The standard InChI is InChI=1S/C27H28N4O4/c1-34-26(33)22-23(21-13-8-18-35-21)28-27(29-25(22)32)31-16-14-30(15-17-31)24(19-9-4-2-5-10-19)20-11-6-3-7-12-20/h2-13,18,22-24H,14-17H2,1H3,(H,28,29,32). The Labute approximate surface area is 204 Å². The van der Waals surface area contributed by atoms with Gasteiger partial charge in [0, 0.05) is 26.2 Å². The summed E-state index contributed by atoms with van der Waals surface area (Å²) < 4.78 is 10.4. The van der Waals surface area contributed by atoms with E-state index in [0.717, 1.165) is 13.1 Å². The number of ether oxygens (including phenoxy) is 1. The fourth-order valence-electron chi connectivity index (χ4n) is 4.86. The second-order valence-corrected chi connectivity index (χ2v) is 8.65. The van der Waals surface area contributed by atoms with Gasteiger partial charge in [0.1, 0.15) is 11.8 Å². The van der Waals surface area contributed by atoms with Crippen molar-refractivity contribution in [2.45, 2.75) is 12.1 Å². The molecule has 2 aliphatic rings. The van der Waals surface area contributed by atoms with Crippen LogP contribution in [0.3, 0.4) is 0 Å². The Hall–Kier alpha value is -3.91. The highest BCUT2D eigenvalue weighted by atomic mass is 16.5. The minimum absolute atomic E-state index is 0.141. The Kier molecular flexibility index (Phi) is 6.63. The van der Waals surface area contributed by atoms with Gasteiger partial charge < -0.3 is 14.1 Å². The first-order valence-corrected chi connectivity index (χ1v) is 11.7. The highest BCUT2D eigenvalue weighted by molar-refractivity contribution is 6.08. The fraction of sp³-hybridized carbons (Fsp3) is 0.296. The molecule has 3 aromatic rings. The molecule has 1 fully saturated rings. The van der Waals surface area contributed by atoms with Crippen LogP contribution in [0.5, 0.6) is 0 Å². The number of hydrogen-bond acceptors (Lipinski definition) is 7. The van der Waals surface area contributed by atoms with E-state index in [-0.39, 0.29) is 6.04 Å². The van der Waals surface area contributed by atoms with Crippen molar-refractivity contribution in [1.29, 1.82) is 0 Å². The lowest BCUT2D eigenvalue weighted by Crippen LogP contribution is -2.57. The summed E-state index contributed by atoms with van der Waals surface area (Å²) in [7, 11) is 1.27. The molecule has 0 radical (unpaired) electrons. The third kappa shape index (κ3) is 4.70. The van der Waals surface area contributed by atoms with E-state index in [9.17, 15) is 9.59 Å². The summed E-state index contributed by atoms with van der Waals surface area (Å²) in [6.45, 7) is 2.94. The Balaban J connectivity index is 1.36. The largest absolute Gasteiger partial charge is 0.468 e. The van der Waals surface area contributed by atoms with Gasteiger partial charge in [-0.15, -0.1) is 0 Å². The predicted octanol–water partition coefficient (Wildman–Crippen LogP) is 3.00. The number of hydrogen-bond donors (Lipinski definition) is 1. The van der Waals surface area contributed by atoms with Crippen LogP contribution < -0.4 is 5.32 Å². The summed E-state index contributed by atoms with van der Waals surface area (Å²) in [4.78, 5) is 34.5. The first-order valence-electron chi connectivity index (χ1n) is 11.7. The second-order valence-electron chi connectivity index (χ2n) is 8.65. The van der Waals surface area contributed by atoms with Crippen molar-refractivity contribution >= 4 is 17.8 Å². The summed E-state index contributed by atoms with van der Waals surface area (Å²) in [6, 6.07) is 23.8. The number of nitrogens with one attached hydrogen (secondary N) is 1. The van der Waals surface area contributed by atoms with E-state index in [2.05, 4.69) is 63.6 Å². The number of methoxy groups -OCH3 is 1. The number of carbonyl (C=O) groups is 2. The molecular weight excluding hydrogens is 444 g/mol. The lowest BCUT2D eigenvalue weighted by atomic mass is 9.95. The molecule has 2 aliphatic heterocycles. The van der Waals surface area contributed by atoms with Crippen LogP contribution in [-0.4, -0.2) is 60.9 Å². The number of guanidine groups is 1. The molecule has 3 heterocycles. The monoisotopic (exact) mass is 472 g/mol. The summed E-state index contributed by atoms with van der Waals surface area (Å²) in [5.41, 5.74) is 2.49. The smallest absolute Gasteiger partial charge is 0.320 e. The summed E-state index contributed by atoms with van der Waals surface area (Å²) in [6.07, 6.45) is 1.51. The Bertz CT molecular complexity index is 1130. The number of aliphatic imine (C=N–C) groups is 1. The van der Waals surface area contributed by atoms with E-state index < -0.39 is 23.8 Å². The van der Waals surface area contributed by atoms with Gasteiger partial charge in [0.2, 0.25) is 11.9 Å². The van der Waals surface area contributed by atoms with E-state index in [0.29, 0.717) is 24.8 Å². The number of nitrogens with zero attached hydrogens (tertiary/aromatic N) is 3. The zero-order chi connectivity index (χ0) is 24.2. The predicted molar refractivity (Wildman–Crippen MR) is 130 cm³/mol. The number of benzene rings is 2. The van der Waals surface area contributed by atoms with Crippen LogP contribution >= 0.6 is 0 Å². The first-order chi connectivity index (χ1) is 17.2. The van der Waals surface area contributed by atoms with Crippen LogP contribution in [0.25, 0.3) is 0 Å². The van der Waals surface area contributed by atoms with Gasteiger partial charge in [0.15, 0.2) is 5.92 Å². The zero-order valence-corrected chi connectivity index (χ0v) is 19.5. The normalized spacial score (nSPS) is 20.9. The van der Waals surface area contributed by atoms with Gasteiger partial charge in [-0.05, 0) is 23.3 Å². The molecule has 1 aromatic heterocycles. The van der Waals surface area contributed by atoms with Crippen molar-refractivity contribution in [3.8, 4) is 0 Å². The van der Waals surface area contributed by atoms with Crippen LogP contribution in [0.15, 0.2) is 88.5 Å². The molecule has 2 aromatic carbocycles. The average molecular weight is 473 g/mol. The van der Waals surface area contributed by atoms with E-state index in [1.165, 1.54) is 24.5 Å². The van der Waals surface area contributed by atoms with Crippen LogP contribution in [-0.2, 0) is 14.3 Å². The highest BCUT2D eigenvalue weighted by Crippen LogP contribution is 2.32. The SMILES string of the molecule is COC(=O)C1C(=O)NC(N2CCN(C(c3ccccc3)c3ccccc3)CC2)=NC1c1ccco1. The van der Waals surface area contributed by atoms with Crippen molar-refractivity contribution in [3.05, 3.63) is 95.9 Å². The van der Waals surface area contributed by atoms with Gasteiger partial charge in [-0.1, -0.05) is 60.7 Å². The summed E-state index contributed by atoms with van der Waals surface area (Å²) >= 11 is 0. The fourth-order valence-corrected chi connectivity index (χ4v) is 4.86. The van der Waals surface area contributed by atoms with E-state index in [4.69, 9.17) is 14.1 Å². The van der Waals surface area contributed by atoms with Gasteiger partial charge in [0.25, 0.3) is 0 Å². The zero-order valence-electron chi connectivity index (χ0n) is 19.5. The molecule has 35 heavy (non-hydrogen) atoms. The number of carbonyl (C=O) groups excluding carboxylic acids is 2. The van der Waals surface area contributed by atoms with Crippen LogP contribution in [0, 0.1) is 5.92 Å². The highest BCUT2D eigenvalue weighted by Gasteiger charge is 2.43. The van der Waals surface area contributed by atoms with Gasteiger partial charge >= 0.3 is 5.97 Å². The van der Waals surface area contributed by atoms with Crippen molar-refractivity contribution < 1.29 is 18.7 Å².